The van der Waals surface area contributed by atoms with Gasteiger partial charge in [-0.1, -0.05) is 18.6 Å². The zero-order chi connectivity index (χ0) is 42.3. The highest BCUT2D eigenvalue weighted by atomic mass is 19.1. The average Bonchev–Trinajstić information content (AvgIpc) is 3.36. The van der Waals surface area contributed by atoms with E-state index in [0.717, 1.165) is 25.1 Å². The Morgan fingerprint density at radius 1 is 1.13 bits per heavy atom. The second-order valence-electron chi connectivity index (χ2n) is 17.2. The number of pyridine rings is 2. The van der Waals surface area contributed by atoms with Gasteiger partial charge in [0.1, 0.15) is 35.7 Å². The van der Waals surface area contributed by atoms with Crippen LogP contribution in [-0.4, -0.2) is 106 Å². The number of amides is 1. The molecule has 12 nitrogen and oxygen atoms in total. The number of halogens is 3. The first-order valence-corrected chi connectivity index (χ1v) is 20.7. The van der Waals surface area contributed by atoms with E-state index in [4.69, 9.17) is 25.9 Å². The van der Waals surface area contributed by atoms with Crippen LogP contribution in [0.2, 0.25) is 0 Å². The lowest BCUT2D eigenvalue weighted by Crippen LogP contribution is -2.47. The first-order chi connectivity index (χ1) is 28.8. The zero-order valence-corrected chi connectivity index (χ0v) is 34.3. The molecule has 1 aliphatic carbocycles. The maximum absolute atomic E-state index is 17.4. The summed E-state index contributed by atoms with van der Waals surface area (Å²) in [5, 5.41) is 14.7. The number of rotatable bonds is 9. The Balaban J connectivity index is 1.17. The summed E-state index contributed by atoms with van der Waals surface area (Å²) < 4.78 is 59.9. The second-order valence-corrected chi connectivity index (χ2v) is 17.2. The van der Waals surface area contributed by atoms with Gasteiger partial charge in [-0.25, -0.2) is 18.2 Å². The van der Waals surface area contributed by atoms with Crippen molar-refractivity contribution in [2.75, 3.05) is 60.7 Å². The Labute approximate surface area is 348 Å². The summed E-state index contributed by atoms with van der Waals surface area (Å²) in [4.78, 5) is 37.4. The van der Waals surface area contributed by atoms with E-state index in [1.807, 2.05) is 28.9 Å². The summed E-state index contributed by atoms with van der Waals surface area (Å²) in [5.74, 6) is 0.784. The highest BCUT2D eigenvalue weighted by Crippen LogP contribution is 2.45. The number of morpholine rings is 1. The lowest BCUT2D eigenvalue weighted by atomic mass is 9.72. The van der Waals surface area contributed by atoms with Crippen LogP contribution in [0.4, 0.5) is 30.5 Å². The first-order valence-electron chi connectivity index (χ1n) is 20.7. The largest absolute Gasteiger partial charge is 0.461 e. The standard InChI is InChI=1S/C45H51F3N8O4/c1-6-32-35(47)13-11-28-18-45(5,58)20-33(38(28)32)40-39(48)41-34(22-50-40)42(54-15-9-8-10-30(24-54)51-37(57)7-2)53-43(52-41)60-26-44(4)19-29(46)23-56(44)36-14-12-31(21-49-36)55-16-17-59-25-27(55)3/h1,7,11-14,21-22,27,29-30,33,58H,2,8-10,15-20,23-26H2,3-5H3,(H,51,57)/t27-,29+,30?,33-,44-,45-/m0/s1. The molecule has 6 atom stereocenters. The molecule has 1 amide bonds. The molecule has 0 bridgehead atoms. The van der Waals surface area contributed by atoms with E-state index < -0.39 is 34.9 Å². The fraction of sp³-hybridized carbons (Fsp3) is 0.489. The van der Waals surface area contributed by atoms with Gasteiger partial charge >= 0.3 is 6.01 Å². The highest BCUT2D eigenvalue weighted by Gasteiger charge is 2.45. The summed E-state index contributed by atoms with van der Waals surface area (Å²) in [6.45, 7) is 12.2. The molecule has 3 aliphatic heterocycles. The quantitative estimate of drug-likeness (QED) is 0.158. The average molecular weight is 825 g/mol. The molecule has 3 saturated heterocycles. The van der Waals surface area contributed by atoms with Gasteiger partial charge in [0.25, 0.3) is 0 Å². The molecule has 316 valence electrons. The third kappa shape index (κ3) is 8.07. The third-order valence-electron chi connectivity index (χ3n) is 12.4. The van der Waals surface area contributed by atoms with E-state index in [0.29, 0.717) is 60.9 Å². The molecule has 4 aliphatic rings. The van der Waals surface area contributed by atoms with Crippen molar-refractivity contribution in [3.63, 3.8) is 0 Å². The molecule has 60 heavy (non-hydrogen) atoms. The van der Waals surface area contributed by atoms with E-state index in [9.17, 15) is 9.90 Å². The highest BCUT2D eigenvalue weighted by molar-refractivity contribution is 5.90. The Kier molecular flexibility index (Phi) is 11.4. The Hall–Kier alpha value is -5.46. The van der Waals surface area contributed by atoms with Crippen LogP contribution in [-0.2, 0) is 16.0 Å². The van der Waals surface area contributed by atoms with E-state index in [2.05, 4.69) is 39.6 Å². The van der Waals surface area contributed by atoms with Crippen LogP contribution in [0.25, 0.3) is 10.9 Å². The molecule has 4 aromatic rings. The van der Waals surface area contributed by atoms with E-state index in [-0.39, 0.29) is 73.2 Å². The minimum absolute atomic E-state index is 0.000752. The minimum Gasteiger partial charge on any atom is -0.461 e. The predicted molar refractivity (Wildman–Crippen MR) is 223 cm³/mol. The van der Waals surface area contributed by atoms with Crippen molar-refractivity contribution in [1.82, 2.24) is 25.3 Å². The fourth-order valence-corrected chi connectivity index (χ4v) is 9.51. The van der Waals surface area contributed by atoms with Gasteiger partial charge in [0, 0.05) is 56.7 Å². The summed E-state index contributed by atoms with van der Waals surface area (Å²) in [6.07, 6.45) is 11.9. The number of nitrogens with zero attached hydrogens (tertiary/aromatic N) is 7. The number of carbonyl (C=O) groups excluding carboxylic acids is 1. The number of ether oxygens (including phenoxy) is 2. The number of aliphatic hydroxyl groups is 1. The van der Waals surface area contributed by atoms with Crippen molar-refractivity contribution in [2.24, 2.45) is 0 Å². The van der Waals surface area contributed by atoms with Gasteiger partial charge in [-0.2, -0.15) is 9.97 Å². The normalized spacial score (nSPS) is 26.9. The molecule has 1 unspecified atom stereocenters. The number of benzene rings is 1. The van der Waals surface area contributed by atoms with Gasteiger partial charge in [-0.15, -0.1) is 6.42 Å². The van der Waals surface area contributed by atoms with Crippen molar-refractivity contribution in [3.05, 3.63) is 83.3 Å². The minimum atomic E-state index is -1.26. The molecule has 0 radical (unpaired) electrons. The van der Waals surface area contributed by atoms with Gasteiger partial charge in [-0.05, 0) is 81.9 Å². The molecule has 15 heteroatoms. The van der Waals surface area contributed by atoms with E-state index in [1.165, 1.54) is 18.3 Å². The maximum Gasteiger partial charge on any atom is 0.319 e. The van der Waals surface area contributed by atoms with Crippen LogP contribution >= 0.6 is 0 Å². The van der Waals surface area contributed by atoms with Crippen molar-refractivity contribution in [3.8, 4) is 18.4 Å². The van der Waals surface area contributed by atoms with Crippen molar-refractivity contribution in [1.29, 1.82) is 0 Å². The van der Waals surface area contributed by atoms with Crippen molar-refractivity contribution < 1.29 is 32.5 Å². The molecular weight excluding hydrogens is 774 g/mol. The van der Waals surface area contributed by atoms with Crippen molar-refractivity contribution in [2.45, 2.75) is 94.6 Å². The number of fused-ring (bicyclic) bond motifs is 2. The summed E-state index contributed by atoms with van der Waals surface area (Å²) >= 11 is 0. The Bertz CT molecular complexity index is 2320. The topological polar surface area (TPSA) is 129 Å². The van der Waals surface area contributed by atoms with Crippen LogP contribution in [0.1, 0.15) is 81.2 Å². The fourth-order valence-electron chi connectivity index (χ4n) is 9.51. The first kappa shape index (κ1) is 41.3. The lowest BCUT2D eigenvalue weighted by Gasteiger charge is -2.37. The van der Waals surface area contributed by atoms with Crippen molar-refractivity contribution >= 4 is 34.1 Å². The van der Waals surface area contributed by atoms with Gasteiger partial charge in [0.05, 0.1) is 59.4 Å². The molecule has 0 spiro atoms. The van der Waals surface area contributed by atoms with Crippen LogP contribution in [0.5, 0.6) is 6.01 Å². The van der Waals surface area contributed by atoms with Crippen LogP contribution < -0.4 is 24.8 Å². The van der Waals surface area contributed by atoms with Gasteiger partial charge < -0.3 is 34.6 Å². The second kappa shape index (κ2) is 16.5. The Morgan fingerprint density at radius 3 is 2.72 bits per heavy atom. The molecule has 0 saturated carbocycles. The summed E-state index contributed by atoms with van der Waals surface area (Å²) in [5.41, 5.74) is -0.315. The van der Waals surface area contributed by atoms with Crippen LogP contribution in [0.3, 0.4) is 0 Å². The van der Waals surface area contributed by atoms with Crippen LogP contribution in [0, 0.1) is 24.0 Å². The monoisotopic (exact) mass is 824 g/mol. The molecular formula is C45H51F3N8O4. The SMILES string of the molecule is C#Cc1c(F)ccc2c1[C@@H](c1ncc3c(N4CCCCC(NC(=O)C=C)C4)nc(OC[C@]4(C)C[C@@H](F)CN4c4ccc(N5CCOC[C@@H]5C)cn4)nc3c1F)C[C@@](C)(O)C2. The third-order valence-corrected chi connectivity index (χ3v) is 12.4. The van der Waals surface area contributed by atoms with E-state index in [1.54, 1.807) is 19.2 Å². The van der Waals surface area contributed by atoms with E-state index >= 15 is 13.2 Å². The van der Waals surface area contributed by atoms with Gasteiger partial charge in [-0.3, -0.25) is 9.78 Å². The number of hydrogen-bond acceptors (Lipinski definition) is 11. The number of hydrogen-bond donors (Lipinski definition) is 2. The number of aromatic nitrogens is 4. The molecule has 8 rings (SSSR count). The predicted octanol–water partition coefficient (Wildman–Crippen LogP) is 5.78. The molecule has 1 aromatic carbocycles. The van der Waals surface area contributed by atoms with Crippen LogP contribution in [0.15, 0.2) is 49.3 Å². The number of nitrogens with one attached hydrogen (secondary N) is 1. The molecule has 3 aromatic heterocycles. The summed E-state index contributed by atoms with van der Waals surface area (Å²) in [6, 6.07) is 6.52. The number of carbonyl (C=O) groups is 1. The zero-order valence-electron chi connectivity index (χ0n) is 34.3. The molecule has 6 heterocycles. The number of alkyl halides is 1. The molecule has 3 fully saturated rings. The molecule has 2 N–H and O–H groups in total. The number of terminal acetylenes is 1. The smallest absolute Gasteiger partial charge is 0.319 e. The maximum atomic E-state index is 17.4. The Morgan fingerprint density at radius 2 is 1.97 bits per heavy atom. The summed E-state index contributed by atoms with van der Waals surface area (Å²) in [7, 11) is 0. The van der Waals surface area contributed by atoms with Gasteiger partial charge in [0.2, 0.25) is 5.91 Å². The lowest BCUT2D eigenvalue weighted by molar-refractivity contribution is -0.117. The van der Waals surface area contributed by atoms with Gasteiger partial charge in [0.15, 0.2) is 5.82 Å². The number of anilines is 3.